The molecular formula is C23H38N4O. The molecule has 1 aromatic carbocycles. The van der Waals surface area contributed by atoms with Crippen molar-refractivity contribution in [2.45, 2.75) is 65.0 Å². The molecule has 0 atom stereocenters. The van der Waals surface area contributed by atoms with Gasteiger partial charge in [-0.2, -0.15) is 0 Å². The number of hydrogen-bond donors (Lipinski definition) is 3. The van der Waals surface area contributed by atoms with Crippen LogP contribution < -0.4 is 15.5 Å². The number of rotatable bonds is 6. The fourth-order valence-corrected chi connectivity index (χ4v) is 4.27. The van der Waals surface area contributed by atoms with Gasteiger partial charge >= 0.3 is 0 Å². The normalized spacial score (nSPS) is 24.2. The Labute approximate surface area is 170 Å². The number of hydrogen-bond acceptors (Lipinski definition) is 3. The molecule has 0 unspecified atom stereocenters. The molecule has 156 valence electrons. The third-order valence-electron chi connectivity index (χ3n) is 6.29. The first kappa shape index (κ1) is 21.0. The Bertz CT molecular complexity index is 600. The number of nitrogens with one attached hydrogen (secondary N) is 2. The number of anilines is 1. The molecule has 3 N–H and O–H groups in total. The summed E-state index contributed by atoms with van der Waals surface area (Å²) in [4.78, 5) is 7.24. The average Bonchev–Trinajstić information content (AvgIpc) is 2.74. The second-order valence-electron chi connectivity index (χ2n) is 8.58. The van der Waals surface area contributed by atoms with E-state index in [4.69, 9.17) is 4.99 Å². The maximum absolute atomic E-state index is 9.30. The van der Waals surface area contributed by atoms with E-state index >= 15 is 0 Å². The summed E-state index contributed by atoms with van der Waals surface area (Å²) in [6.07, 6.45) is 7.28. The second-order valence-corrected chi connectivity index (χ2v) is 8.58. The number of aliphatic hydroxyl groups is 1. The molecule has 1 saturated heterocycles. The van der Waals surface area contributed by atoms with Crippen LogP contribution in [0.2, 0.25) is 0 Å². The predicted molar refractivity (Wildman–Crippen MR) is 118 cm³/mol. The molecule has 0 aromatic heterocycles. The van der Waals surface area contributed by atoms with Crippen LogP contribution in [0.15, 0.2) is 29.3 Å². The summed E-state index contributed by atoms with van der Waals surface area (Å²) in [6, 6.07) is 9.38. The first-order valence-corrected chi connectivity index (χ1v) is 11.2. The summed E-state index contributed by atoms with van der Waals surface area (Å²) >= 11 is 0. The van der Waals surface area contributed by atoms with Crippen LogP contribution in [0.1, 0.15) is 57.9 Å². The van der Waals surface area contributed by atoms with Crippen molar-refractivity contribution in [1.82, 2.24) is 10.6 Å². The highest BCUT2D eigenvalue weighted by Crippen LogP contribution is 2.24. The third-order valence-corrected chi connectivity index (χ3v) is 6.29. The zero-order valence-corrected chi connectivity index (χ0v) is 17.7. The van der Waals surface area contributed by atoms with Gasteiger partial charge in [-0.3, -0.25) is 0 Å². The molecule has 3 rings (SSSR count). The smallest absolute Gasteiger partial charge is 0.191 e. The van der Waals surface area contributed by atoms with Crippen LogP contribution in [0.3, 0.4) is 0 Å². The van der Waals surface area contributed by atoms with Crippen molar-refractivity contribution in [1.29, 1.82) is 0 Å². The Balaban J connectivity index is 1.52. The van der Waals surface area contributed by atoms with Crippen LogP contribution in [0, 0.1) is 11.8 Å². The molecule has 0 spiro atoms. The molecule has 1 aliphatic carbocycles. The predicted octanol–water partition coefficient (Wildman–Crippen LogP) is 3.53. The third kappa shape index (κ3) is 6.13. The Morgan fingerprint density at radius 2 is 1.75 bits per heavy atom. The molecular weight excluding hydrogens is 348 g/mol. The molecule has 1 aliphatic heterocycles. The molecule has 28 heavy (non-hydrogen) atoms. The Morgan fingerprint density at radius 1 is 1.07 bits per heavy atom. The van der Waals surface area contributed by atoms with Crippen molar-refractivity contribution >= 4 is 11.6 Å². The Kier molecular flexibility index (Phi) is 8.01. The fraction of sp³-hybridized carbons (Fsp3) is 0.696. The standard InChI is InChI=1S/C23H38N4O/c1-3-24-23(26-21-8-4-18(2)5-9-21)25-16-19-6-10-22(11-7-19)27-14-12-20(17-28)13-15-27/h6-7,10-11,18,20-21,28H,3-5,8-9,12-17H2,1-2H3,(H2,24,25,26). The van der Waals surface area contributed by atoms with E-state index in [1.54, 1.807) is 0 Å². The first-order valence-electron chi connectivity index (χ1n) is 11.2. The van der Waals surface area contributed by atoms with Gasteiger partial charge in [0.15, 0.2) is 5.96 Å². The number of aliphatic imine (C=N–C) groups is 1. The monoisotopic (exact) mass is 386 g/mol. The summed E-state index contributed by atoms with van der Waals surface area (Å²) in [5.74, 6) is 2.29. The molecule has 2 fully saturated rings. The van der Waals surface area contributed by atoms with E-state index in [2.05, 4.69) is 53.6 Å². The summed E-state index contributed by atoms with van der Waals surface area (Å²) in [5.41, 5.74) is 2.52. The molecule has 0 bridgehead atoms. The van der Waals surface area contributed by atoms with Crippen molar-refractivity contribution in [3.8, 4) is 0 Å². The van der Waals surface area contributed by atoms with E-state index in [1.165, 1.54) is 36.9 Å². The highest BCUT2D eigenvalue weighted by Gasteiger charge is 2.19. The lowest BCUT2D eigenvalue weighted by atomic mass is 9.87. The quantitative estimate of drug-likeness (QED) is 0.517. The van der Waals surface area contributed by atoms with Crippen molar-refractivity contribution in [3.63, 3.8) is 0 Å². The Hall–Kier alpha value is -1.75. The van der Waals surface area contributed by atoms with Crippen LogP contribution in [0.25, 0.3) is 0 Å². The van der Waals surface area contributed by atoms with Crippen molar-refractivity contribution < 1.29 is 5.11 Å². The lowest BCUT2D eigenvalue weighted by Crippen LogP contribution is -2.44. The van der Waals surface area contributed by atoms with E-state index in [0.29, 0.717) is 25.1 Å². The van der Waals surface area contributed by atoms with E-state index in [9.17, 15) is 5.11 Å². The van der Waals surface area contributed by atoms with E-state index < -0.39 is 0 Å². The highest BCUT2D eigenvalue weighted by atomic mass is 16.3. The summed E-state index contributed by atoms with van der Waals surface area (Å²) < 4.78 is 0. The van der Waals surface area contributed by atoms with Gasteiger partial charge in [0.25, 0.3) is 0 Å². The first-order chi connectivity index (χ1) is 13.7. The SMILES string of the molecule is CCNC(=NCc1ccc(N2CCC(CO)CC2)cc1)NC1CCC(C)CC1. The minimum Gasteiger partial charge on any atom is -0.396 e. The molecule has 1 saturated carbocycles. The fourth-order valence-electron chi connectivity index (χ4n) is 4.27. The molecule has 5 heteroatoms. The van der Waals surface area contributed by atoms with Gasteiger partial charge in [0.05, 0.1) is 6.54 Å². The van der Waals surface area contributed by atoms with E-state index in [1.807, 2.05) is 0 Å². The average molecular weight is 387 g/mol. The molecule has 0 amide bonds. The van der Waals surface area contributed by atoms with Gasteiger partial charge in [0.1, 0.15) is 0 Å². The van der Waals surface area contributed by atoms with Crippen LogP contribution in [-0.2, 0) is 6.54 Å². The van der Waals surface area contributed by atoms with Gasteiger partial charge < -0.3 is 20.6 Å². The number of nitrogens with zero attached hydrogens (tertiary/aromatic N) is 2. The lowest BCUT2D eigenvalue weighted by Gasteiger charge is -2.32. The molecule has 2 aliphatic rings. The maximum atomic E-state index is 9.30. The van der Waals surface area contributed by atoms with E-state index in [-0.39, 0.29) is 0 Å². The number of benzene rings is 1. The molecule has 1 heterocycles. The molecule has 0 radical (unpaired) electrons. The van der Waals surface area contributed by atoms with Crippen molar-refractivity contribution in [2.75, 3.05) is 31.1 Å². The molecule has 5 nitrogen and oxygen atoms in total. The van der Waals surface area contributed by atoms with Gasteiger partial charge in [0.2, 0.25) is 0 Å². The summed E-state index contributed by atoms with van der Waals surface area (Å²) in [7, 11) is 0. The zero-order valence-electron chi connectivity index (χ0n) is 17.7. The van der Waals surface area contributed by atoms with E-state index in [0.717, 1.165) is 44.4 Å². The van der Waals surface area contributed by atoms with Crippen molar-refractivity contribution in [2.24, 2.45) is 16.8 Å². The second kappa shape index (κ2) is 10.7. The van der Waals surface area contributed by atoms with Gasteiger partial charge in [-0.15, -0.1) is 0 Å². The van der Waals surface area contributed by atoms with Crippen LogP contribution in [-0.4, -0.2) is 43.3 Å². The number of guanidine groups is 1. The topological polar surface area (TPSA) is 59.9 Å². The zero-order chi connectivity index (χ0) is 19.8. The van der Waals surface area contributed by atoms with Gasteiger partial charge in [-0.05, 0) is 75.0 Å². The largest absolute Gasteiger partial charge is 0.396 e. The van der Waals surface area contributed by atoms with Crippen LogP contribution in [0.5, 0.6) is 0 Å². The molecule has 1 aromatic rings. The number of aliphatic hydroxyl groups excluding tert-OH is 1. The van der Waals surface area contributed by atoms with Crippen LogP contribution in [0.4, 0.5) is 5.69 Å². The maximum Gasteiger partial charge on any atom is 0.191 e. The number of piperidine rings is 1. The lowest BCUT2D eigenvalue weighted by molar-refractivity contribution is 0.203. The highest BCUT2D eigenvalue weighted by molar-refractivity contribution is 5.80. The summed E-state index contributed by atoms with van der Waals surface area (Å²) in [5, 5.41) is 16.3. The van der Waals surface area contributed by atoms with Crippen molar-refractivity contribution in [3.05, 3.63) is 29.8 Å². The van der Waals surface area contributed by atoms with Gasteiger partial charge in [0, 0.05) is 38.0 Å². The Morgan fingerprint density at radius 3 is 2.36 bits per heavy atom. The van der Waals surface area contributed by atoms with Gasteiger partial charge in [-0.1, -0.05) is 19.1 Å². The van der Waals surface area contributed by atoms with Crippen LogP contribution >= 0.6 is 0 Å². The minimum atomic E-state index is 0.326. The summed E-state index contributed by atoms with van der Waals surface area (Å²) in [6.45, 7) is 8.47. The van der Waals surface area contributed by atoms with Gasteiger partial charge in [-0.25, -0.2) is 4.99 Å². The minimum absolute atomic E-state index is 0.326.